The molecule has 0 saturated heterocycles. The molecule has 1 aromatic carbocycles. The summed E-state index contributed by atoms with van der Waals surface area (Å²) < 4.78 is 7.78. The van der Waals surface area contributed by atoms with Crippen molar-refractivity contribution in [3.05, 3.63) is 35.4 Å². The van der Waals surface area contributed by atoms with Crippen molar-refractivity contribution >= 4 is 25.4 Å². The Morgan fingerprint density at radius 2 is 1.94 bits per heavy atom. The molecule has 1 heterocycles. The summed E-state index contributed by atoms with van der Waals surface area (Å²) in [6, 6.07) is 8.50. The third kappa shape index (κ3) is 3.98. The molecule has 0 aliphatic carbocycles. The van der Waals surface area contributed by atoms with Crippen molar-refractivity contribution in [1.82, 2.24) is 3.12 Å². The van der Waals surface area contributed by atoms with Gasteiger partial charge >= 0.3 is 119 Å². The number of hydrogen-bond acceptors (Lipinski definition) is 3. The Bertz CT molecular complexity index is 440. The third-order valence-electron chi connectivity index (χ3n) is 2.78. The number of rotatable bonds is 2. The van der Waals surface area contributed by atoms with Gasteiger partial charge in [-0.3, -0.25) is 0 Å². The van der Waals surface area contributed by atoms with E-state index in [9.17, 15) is 4.79 Å². The molecule has 1 aliphatic rings. The van der Waals surface area contributed by atoms with Gasteiger partial charge in [0.2, 0.25) is 0 Å². The van der Waals surface area contributed by atoms with Gasteiger partial charge in [0.05, 0.1) is 0 Å². The van der Waals surface area contributed by atoms with Crippen LogP contribution in [0.1, 0.15) is 31.9 Å². The number of carbonyl (C=O) groups is 1. The van der Waals surface area contributed by atoms with Gasteiger partial charge < -0.3 is 0 Å². The number of carbonyl (C=O) groups excluding carboxylic acids is 1. The van der Waals surface area contributed by atoms with E-state index >= 15 is 0 Å². The van der Waals surface area contributed by atoms with Crippen LogP contribution < -0.4 is 0 Å². The summed E-state index contributed by atoms with van der Waals surface area (Å²) in [6.07, 6.45) is 1.06. The average Bonchev–Trinajstić information content (AvgIpc) is 2.26. The van der Waals surface area contributed by atoms with E-state index in [0.29, 0.717) is 0 Å². The van der Waals surface area contributed by atoms with E-state index in [0.717, 1.165) is 19.5 Å². The van der Waals surface area contributed by atoms with Crippen molar-refractivity contribution in [3.63, 3.8) is 0 Å². The summed E-state index contributed by atoms with van der Waals surface area (Å²) >= 11 is -1.26. The Morgan fingerprint density at radius 1 is 1.28 bits per heavy atom. The summed E-state index contributed by atoms with van der Waals surface area (Å²) in [5.41, 5.74) is 2.44. The molecule has 3 nitrogen and oxygen atoms in total. The third-order valence-corrected chi connectivity index (χ3v) is 5.58. The van der Waals surface area contributed by atoms with E-state index in [1.54, 1.807) is 0 Å². The fourth-order valence-electron chi connectivity index (χ4n) is 2.02. The van der Waals surface area contributed by atoms with E-state index in [4.69, 9.17) is 4.74 Å². The summed E-state index contributed by atoms with van der Waals surface area (Å²) in [7, 11) is 0. The molecule has 1 aliphatic heterocycles. The van der Waals surface area contributed by atoms with Crippen LogP contribution >= 0.6 is 0 Å². The molecule has 0 amide bonds. The Balaban J connectivity index is 1.92. The van der Waals surface area contributed by atoms with Crippen molar-refractivity contribution in [2.24, 2.45) is 0 Å². The monoisotopic (exact) mass is 353 g/mol. The second-order valence-electron chi connectivity index (χ2n) is 5.55. The van der Waals surface area contributed by atoms with Gasteiger partial charge in [-0.2, -0.15) is 0 Å². The van der Waals surface area contributed by atoms with Crippen molar-refractivity contribution < 1.29 is 9.53 Å². The maximum absolute atomic E-state index is 11.9. The predicted octanol–water partition coefficient (Wildman–Crippen LogP) is 2.60. The first-order valence-corrected chi connectivity index (χ1v) is 8.96. The first kappa shape index (κ1) is 13.9. The zero-order valence-corrected chi connectivity index (χ0v) is 14.0. The van der Waals surface area contributed by atoms with Crippen LogP contribution in [-0.2, 0) is 17.7 Å². The molecule has 0 fully saturated rings. The molecule has 2 radical (unpaired) electrons. The molecule has 1 aromatic rings. The van der Waals surface area contributed by atoms with Crippen molar-refractivity contribution in [2.75, 3.05) is 6.54 Å². The van der Waals surface area contributed by atoms with Crippen LogP contribution in [0, 0.1) is 0 Å². The molecular formula is C14H19NO2Sn. The summed E-state index contributed by atoms with van der Waals surface area (Å²) in [5, 5.41) is 0. The number of ether oxygens (including phenoxy) is 1. The maximum atomic E-state index is 11.9. The number of fused-ring (bicyclic) bond motifs is 1. The van der Waals surface area contributed by atoms with Gasteiger partial charge in [0.15, 0.2) is 0 Å². The molecule has 0 atom stereocenters. The Kier molecular flexibility index (Phi) is 4.32. The van der Waals surface area contributed by atoms with Crippen LogP contribution in [0.3, 0.4) is 0 Å². The van der Waals surface area contributed by atoms with Crippen LogP contribution in [0.5, 0.6) is 0 Å². The summed E-state index contributed by atoms with van der Waals surface area (Å²) in [6.45, 7) is 7.70. The van der Waals surface area contributed by atoms with E-state index in [2.05, 4.69) is 27.4 Å². The van der Waals surface area contributed by atoms with Crippen LogP contribution in [-0.4, -0.2) is 40.7 Å². The standard InChI is InChI=1S/C9H10N.C5H9O2.Sn/c1-2-4-9-7-10-6-5-8(9)3-1;1-5(2,3)7-4-6;/h1-4H,5-7H2;1-3H3;/q-1;;+1. The Morgan fingerprint density at radius 3 is 2.61 bits per heavy atom. The fourth-order valence-corrected chi connectivity index (χ4v) is 5.11. The van der Waals surface area contributed by atoms with E-state index < -0.39 is 21.4 Å². The zero-order chi connectivity index (χ0) is 13.2. The molecule has 0 N–H and O–H groups in total. The molecule has 18 heavy (non-hydrogen) atoms. The van der Waals surface area contributed by atoms with Crippen LogP contribution in [0.15, 0.2) is 24.3 Å². The van der Waals surface area contributed by atoms with E-state index in [1.165, 1.54) is 11.1 Å². The topological polar surface area (TPSA) is 29.5 Å². The van der Waals surface area contributed by atoms with E-state index in [-0.39, 0.29) is 9.59 Å². The second-order valence-corrected chi connectivity index (χ2v) is 9.16. The molecule has 0 spiro atoms. The zero-order valence-electron chi connectivity index (χ0n) is 11.2. The molecule has 0 unspecified atom stereocenters. The first-order valence-electron chi connectivity index (χ1n) is 6.25. The van der Waals surface area contributed by atoms with Gasteiger partial charge in [0, 0.05) is 0 Å². The normalized spacial score (nSPS) is 16.2. The Hall–Kier alpha value is -0.551. The second kappa shape index (κ2) is 5.61. The quantitative estimate of drug-likeness (QED) is 0.767. The van der Waals surface area contributed by atoms with Crippen molar-refractivity contribution in [2.45, 2.75) is 39.3 Å². The van der Waals surface area contributed by atoms with Gasteiger partial charge in [-0.15, -0.1) is 0 Å². The van der Waals surface area contributed by atoms with E-state index in [1.807, 2.05) is 20.8 Å². The van der Waals surface area contributed by atoms with Gasteiger partial charge in [-0.25, -0.2) is 0 Å². The van der Waals surface area contributed by atoms with Gasteiger partial charge in [0.1, 0.15) is 0 Å². The molecule has 2 rings (SSSR count). The minimum absolute atomic E-state index is 0.0329. The average molecular weight is 352 g/mol. The number of benzene rings is 1. The van der Waals surface area contributed by atoms with Crippen molar-refractivity contribution in [3.8, 4) is 0 Å². The molecule has 96 valence electrons. The molecule has 0 saturated carbocycles. The van der Waals surface area contributed by atoms with Crippen LogP contribution in [0.25, 0.3) is 0 Å². The molecule has 4 heteroatoms. The molecule has 0 aromatic heterocycles. The SMILES string of the molecule is CC(C)(C)O[C](=O)[Sn][N]1CCc2ccccc2C1. The number of nitrogens with zero attached hydrogens (tertiary/aromatic N) is 1. The van der Waals surface area contributed by atoms with Gasteiger partial charge in [-0.05, 0) is 0 Å². The summed E-state index contributed by atoms with van der Waals surface area (Å²) in [5.74, 6) is 0. The van der Waals surface area contributed by atoms with Gasteiger partial charge in [-0.1, -0.05) is 0 Å². The predicted molar refractivity (Wildman–Crippen MR) is 72.5 cm³/mol. The Labute approximate surface area is 119 Å². The summed E-state index contributed by atoms with van der Waals surface area (Å²) in [4.78, 5) is 11.9. The first-order chi connectivity index (χ1) is 8.44. The van der Waals surface area contributed by atoms with Gasteiger partial charge in [0.25, 0.3) is 0 Å². The van der Waals surface area contributed by atoms with Crippen LogP contribution in [0.4, 0.5) is 4.79 Å². The minimum atomic E-state index is -1.26. The molecule has 0 bridgehead atoms. The fraction of sp³-hybridized carbons (Fsp3) is 0.500. The molecular weight excluding hydrogens is 333 g/mol. The van der Waals surface area contributed by atoms with Crippen LogP contribution in [0.2, 0.25) is 0 Å². The van der Waals surface area contributed by atoms with Crippen molar-refractivity contribution in [1.29, 1.82) is 0 Å². The number of hydrogen-bond donors (Lipinski definition) is 0.